The predicted octanol–water partition coefficient (Wildman–Crippen LogP) is 4.89. The third kappa shape index (κ3) is 6.77. The SMILES string of the molecule is CCC(=O)Nc1ccc(NC(=O)c2ccc(C(=O)Nc3ccc(NC(=O)CC)cc3)cc2)cc1. The van der Waals surface area contributed by atoms with E-state index in [1.165, 1.54) is 0 Å². The summed E-state index contributed by atoms with van der Waals surface area (Å²) >= 11 is 0. The Labute approximate surface area is 197 Å². The van der Waals surface area contributed by atoms with Crippen molar-refractivity contribution in [2.45, 2.75) is 26.7 Å². The number of hydrogen-bond donors (Lipinski definition) is 4. The zero-order valence-corrected chi connectivity index (χ0v) is 19.0. The van der Waals surface area contributed by atoms with Gasteiger partial charge in [0, 0.05) is 46.7 Å². The fourth-order valence-corrected chi connectivity index (χ4v) is 2.95. The minimum absolute atomic E-state index is 0.0848. The zero-order valence-electron chi connectivity index (χ0n) is 19.0. The van der Waals surface area contributed by atoms with Gasteiger partial charge in [0.2, 0.25) is 11.8 Å². The van der Waals surface area contributed by atoms with E-state index in [0.717, 1.165) is 0 Å². The van der Waals surface area contributed by atoms with Crippen molar-refractivity contribution < 1.29 is 19.2 Å². The molecular weight excluding hydrogens is 432 g/mol. The number of anilines is 4. The number of amides is 4. The molecule has 8 heteroatoms. The molecule has 8 nitrogen and oxygen atoms in total. The highest BCUT2D eigenvalue weighted by atomic mass is 16.2. The molecule has 4 N–H and O–H groups in total. The van der Waals surface area contributed by atoms with Gasteiger partial charge in [0.25, 0.3) is 11.8 Å². The summed E-state index contributed by atoms with van der Waals surface area (Å²) in [4.78, 5) is 47.9. The molecule has 0 atom stereocenters. The molecular formula is C26H26N4O4. The van der Waals surface area contributed by atoms with Gasteiger partial charge in [0.1, 0.15) is 0 Å². The first-order chi connectivity index (χ1) is 16.4. The molecule has 0 saturated carbocycles. The van der Waals surface area contributed by atoms with Crippen LogP contribution in [0.15, 0.2) is 72.8 Å². The highest BCUT2D eigenvalue weighted by Crippen LogP contribution is 2.17. The van der Waals surface area contributed by atoms with Gasteiger partial charge in [-0.05, 0) is 72.8 Å². The Kier molecular flexibility index (Phi) is 8.12. The van der Waals surface area contributed by atoms with Crippen LogP contribution in [-0.4, -0.2) is 23.6 Å². The van der Waals surface area contributed by atoms with E-state index in [1.807, 2.05) is 0 Å². The molecule has 0 aliphatic rings. The van der Waals surface area contributed by atoms with Crippen LogP contribution < -0.4 is 21.3 Å². The predicted molar refractivity (Wildman–Crippen MR) is 133 cm³/mol. The summed E-state index contributed by atoms with van der Waals surface area (Å²) in [5.74, 6) is -0.805. The Balaban J connectivity index is 1.56. The van der Waals surface area contributed by atoms with Gasteiger partial charge in [-0.1, -0.05) is 13.8 Å². The smallest absolute Gasteiger partial charge is 0.255 e. The highest BCUT2D eigenvalue weighted by molar-refractivity contribution is 6.07. The minimum atomic E-state index is -0.318. The van der Waals surface area contributed by atoms with Crippen molar-refractivity contribution >= 4 is 46.4 Å². The Morgan fingerprint density at radius 1 is 0.471 bits per heavy atom. The fourth-order valence-electron chi connectivity index (χ4n) is 2.95. The number of carbonyl (C=O) groups is 4. The molecule has 3 aromatic rings. The van der Waals surface area contributed by atoms with E-state index < -0.39 is 0 Å². The average molecular weight is 459 g/mol. The van der Waals surface area contributed by atoms with Crippen molar-refractivity contribution in [3.8, 4) is 0 Å². The third-order valence-electron chi connectivity index (χ3n) is 4.90. The molecule has 0 radical (unpaired) electrons. The lowest BCUT2D eigenvalue weighted by atomic mass is 10.1. The van der Waals surface area contributed by atoms with E-state index in [0.29, 0.717) is 46.7 Å². The monoisotopic (exact) mass is 458 g/mol. The molecule has 174 valence electrons. The van der Waals surface area contributed by atoms with Crippen molar-refractivity contribution in [3.63, 3.8) is 0 Å². The van der Waals surface area contributed by atoms with Gasteiger partial charge in [-0.25, -0.2) is 0 Å². The summed E-state index contributed by atoms with van der Waals surface area (Å²) < 4.78 is 0. The normalized spacial score (nSPS) is 10.2. The van der Waals surface area contributed by atoms with Crippen molar-refractivity contribution in [3.05, 3.63) is 83.9 Å². The van der Waals surface area contributed by atoms with Crippen LogP contribution in [0.5, 0.6) is 0 Å². The van der Waals surface area contributed by atoms with Gasteiger partial charge in [0.05, 0.1) is 0 Å². The van der Waals surface area contributed by atoms with E-state index in [2.05, 4.69) is 21.3 Å². The van der Waals surface area contributed by atoms with Gasteiger partial charge in [-0.2, -0.15) is 0 Å². The molecule has 0 spiro atoms. The maximum Gasteiger partial charge on any atom is 0.255 e. The Bertz CT molecular complexity index is 1080. The summed E-state index contributed by atoms with van der Waals surface area (Å²) in [5.41, 5.74) is 3.27. The van der Waals surface area contributed by atoms with Crippen molar-refractivity contribution in [1.29, 1.82) is 0 Å². The molecule has 0 saturated heterocycles. The molecule has 34 heavy (non-hydrogen) atoms. The molecule has 0 aliphatic heterocycles. The van der Waals surface area contributed by atoms with Crippen LogP contribution in [-0.2, 0) is 9.59 Å². The highest BCUT2D eigenvalue weighted by Gasteiger charge is 2.10. The molecule has 0 unspecified atom stereocenters. The minimum Gasteiger partial charge on any atom is -0.326 e. The molecule has 0 fully saturated rings. The maximum absolute atomic E-state index is 12.5. The summed E-state index contributed by atoms with van der Waals surface area (Å²) in [6, 6.07) is 19.9. The number of hydrogen-bond acceptors (Lipinski definition) is 4. The fraction of sp³-hybridized carbons (Fsp3) is 0.154. The van der Waals surface area contributed by atoms with Crippen LogP contribution in [0.2, 0.25) is 0 Å². The average Bonchev–Trinajstić information content (AvgIpc) is 2.86. The largest absolute Gasteiger partial charge is 0.326 e. The quantitative estimate of drug-likeness (QED) is 0.385. The first-order valence-corrected chi connectivity index (χ1v) is 10.9. The molecule has 0 aromatic heterocycles. The second-order valence-corrected chi connectivity index (χ2v) is 7.44. The first kappa shape index (κ1) is 24.2. The van der Waals surface area contributed by atoms with Crippen molar-refractivity contribution in [1.82, 2.24) is 0 Å². The molecule has 3 aromatic carbocycles. The van der Waals surface area contributed by atoms with E-state index in [1.54, 1.807) is 86.6 Å². The van der Waals surface area contributed by atoms with Crippen LogP contribution in [0.3, 0.4) is 0 Å². The standard InChI is InChI=1S/C26H26N4O4/c1-3-23(31)27-19-9-13-21(14-10-19)29-25(33)17-5-7-18(8-6-17)26(34)30-22-15-11-20(12-16-22)28-24(32)4-2/h5-16H,3-4H2,1-2H3,(H,27,31)(H,28,32)(H,29,33)(H,30,34). The first-order valence-electron chi connectivity index (χ1n) is 10.9. The van der Waals surface area contributed by atoms with E-state index in [9.17, 15) is 19.2 Å². The summed E-state index contributed by atoms with van der Waals surface area (Å²) in [7, 11) is 0. The lowest BCUT2D eigenvalue weighted by Crippen LogP contribution is -2.14. The van der Waals surface area contributed by atoms with Crippen LogP contribution in [0, 0.1) is 0 Å². The van der Waals surface area contributed by atoms with Gasteiger partial charge in [0.15, 0.2) is 0 Å². The van der Waals surface area contributed by atoms with Crippen LogP contribution in [0.4, 0.5) is 22.7 Å². The lowest BCUT2D eigenvalue weighted by Gasteiger charge is -2.09. The van der Waals surface area contributed by atoms with Crippen LogP contribution in [0.25, 0.3) is 0 Å². The zero-order chi connectivity index (χ0) is 24.5. The molecule has 4 amide bonds. The number of carbonyl (C=O) groups excluding carboxylic acids is 4. The topological polar surface area (TPSA) is 116 Å². The molecule has 0 aliphatic carbocycles. The van der Waals surface area contributed by atoms with E-state index in [-0.39, 0.29) is 23.6 Å². The van der Waals surface area contributed by atoms with Crippen LogP contribution in [0.1, 0.15) is 47.4 Å². The Hall–Kier alpha value is -4.46. The molecule has 0 heterocycles. The lowest BCUT2D eigenvalue weighted by molar-refractivity contribution is -0.116. The van der Waals surface area contributed by atoms with Gasteiger partial charge in [-0.3, -0.25) is 19.2 Å². The molecule has 0 bridgehead atoms. The number of rotatable bonds is 8. The van der Waals surface area contributed by atoms with Crippen molar-refractivity contribution in [2.75, 3.05) is 21.3 Å². The summed E-state index contributed by atoms with van der Waals surface area (Å²) in [5, 5.41) is 11.1. The third-order valence-corrected chi connectivity index (χ3v) is 4.90. The van der Waals surface area contributed by atoms with Gasteiger partial charge >= 0.3 is 0 Å². The van der Waals surface area contributed by atoms with Gasteiger partial charge < -0.3 is 21.3 Å². The number of nitrogens with one attached hydrogen (secondary N) is 4. The van der Waals surface area contributed by atoms with E-state index >= 15 is 0 Å². The van der Waals surface area contributed by atoms with Gasteiger partial charge in [-0.15, -0.1) is 0 Å². The maximum atomic E-state index is 12.5. The van der Waals surface area contributed by atoms with Crippen molar-refractivity contribution in [2.24, 2.45) is 0 Å². The second-order valence-electron chi connectivity index (χ2n) is 7.44. The summed E-state index contributed by atoms with van der Waals surface area (Å²) in [6.45, 7) is 3.54. The summed E-state index contributed by atoms with van der Waals surface area (Å²) in [6.07, 6.45) is 0.773. The van der Waals surface area contributed by atoms with E-state index in [4.69, 9.17) is 0 Å². The number of benzene rings is 3. The van der Waals surface area contributed by atoms with Crippen LogP contribution >= 0.6 is 0 Å². The Morgan fingerprint density at radius 2 is 0.735 bits per heavy atom. The molecule has 3 rings (SSSR count). The second kappa shape index (κ2) is 11.4. The Morgan fingerprint density at radius 3 is 1.00 bits per heavy atom.